The number of likely N-dealkylation sites (tertiary alicyclic amines) is 1. The Bertz CT molecular complexity index is 1530. The summed E-state index contributed by atoms with van der Waals surface area (Å²) in [5, 5.41) is 3.55. The van der Waals surface area contributed by atoms with Crippen molar-refractivity contribution in [2.75, 3.05) is 13.1 Å². The first-order valence-electron chi connectivity index (χ1n) is 11.9. The number of hydrogen-bond acceptors (Lipinski definition) is 5. The molecule has 0 unspecified atom stereocenters. The molecule has 3 atom stereocenters. The van der Waals surface area contributed by atoms with Crippen molar-refractivity contribution in [3.8, 4) is 10.4 Å². The maximum absolute atomic E-state index is 13.7. The number of alkyl halides is 3. The summed E-state index contributed by atoms with van der Waals surface area (Å²) in [5.41, 5.74) is 0.756. The van der Waals surface area contributed by atoms with E-state index in [0.717, 1.165) is 18.6 Å². The lowest BCUT2D eigenvalue weighted by Crippen LogP contribution is -2.46. The number of amides is 2. The molecule has 1 aromatic carbocycles. The van der Waals surface area contributed by atoms with Crippen molar-refractivity contribution in [3.63, 3.8) is 0 Å². The molecule has 11 heteroatoms. The minimum atomic E-state index is -4.49. The number of halogens is 3. The van der Waals surface area contributed by atoms with Crippen LogP contribution >= 0.6 is 11.3 Å². The number of nitrogens with zero attached hydrogens (tertiary/aromatic N) is 4. The monoisotopic (exact) mass is 525 g/mol. The molecule has 2 fully saturated rings. The molecule has 2 aliphatic rings. The van der Waals surface area contributed by atoms with Crippen molar-refractivity contribution in [3.05, 3.63) is 76.8 Å². The number of rotatable bonds is 5. The molecule has 37 heavy (non-hydrogen) atoms. The van der Waals surface area contributed by atoms with Crippen molar-refractivity contribution >= 4 is 28.8 Å². The number of carbonyl (C=O) groups is 2. The van der Waals surface area contributed by atoms with E-state index < -0.39 is 11.7 Å². The minimum absolute atomic E-state index is 0.154. The molecule has 4 aromatic rings. The van der Waals surface area contributed by atoms with Crippen molar-refractivity contribution in [2.24, 2.45) is 11.8 Å². The molecule has 0 bridgehead atoms. The highest BCUT2D eigenvalue weighted by atomic mass is 32.1. The highest BCUT2D eigenvalue weighted by molar-refractivity contribution is 7.15. The molecule has 190 valence electrons. The number of fused-ring (bicyclic) bond motifs is 2. The van der Waals surface area contributed by atoms with Crippen LogP contribution in [0.5, 0.6) is 0 Å². The number of thiazole rings is 1. The van der Waals surface area contributed by atoms with E-state index in [1.807, 2.05) is 12.1 Å². The Morgan fingerprint density at radius 2 is 2.03 bits per heavy atom. The van der Waals surface area contributed by atoms with Crippen molar-refractivity contribution in [2.45, 2.75) is 25.6 Å². The van der Waals surface area contributed by atoms with Crippen LogP contribution in [0, 0.1) is 18.8 Å². The molecule has 1 aliphatic carbocycles. The molecule has 1 saturated carbocycles. The van der Waals surface area contributed by atoms with E-state index in [9.17, 15) is 22.8 Å². The average Bonchev–Trinajstić information content (AvgIpc) is 3.19. The summed E-state index contributed by atoms with van der Waals surface area (Å²) < 4.78 is 41.6. The summed E-state index contributed by atoms with van der Waals surface area (Å²) >= 11 is 1.20. The second kappa shape index (κ2) is 8.69. The molecule has 4 heterocycles. The Kier molecular flexibility index (Phi) is 5.55. The van der Waals surface area contributed by atoms with Gasteiger partial charge in [-0.05, 0) is 55.0 Å². The van der Waals surface area contributed by atoms with Gasteiger partial charge in [0.05, 0.1) is 27.7 Å². The molecular formula is C26H22F3N5O2S. The Hall–Kier alpha value is -3.73. The first-order chi connectivity index (χ1) is 17.7. The summed E-state index contributed by atoms with van der Waals surface area (Å²) in [6.07, 6.45) is -0.224. The number of hydrogen-bond donors (Lipinski definition) is 1. The number of pyridine rings is 1. The van der Waals surface area contributed by atoms with Crippen LogP contribution < -0.4 is 5.32 Å². The van der Waals surface area contributed by atoms with Crippen LogP contribution in [0.2, 0.25) is 0 Å². The summed E-state index contributed by atoms with van der Waals surface area (Å²) in [6, 6.07) is 10.2. The number of piperidine rings is 1. The van der Waals surface area contributed by atoms with Crippen LogP contribution in [-0.4, -0.2) is 50.2 Å². The Balaban J connectivity index is 1.23. The zero-order chi connectivity index (χ0) is 25.9. The molecule has 7 nitrogen and oxygen atoms in total. The SMILES string of the molecule is Cc1nc(C(=O)N2C[C@@H]3C[C@@H]3[C@H]2CNC(=O)c2cnc3ccccn23)c(-c2cccc(C(F)(F)F)c2)s1. The van der Waals surface area contributed by atoms with Gasteiger partial charge in [0, 0.05) is 19.3 Å². The number of benzene rings is 1. The minimum Gasteiger partial charge on any atom is -0.349 e. The fourth-order valence-electron chi connectivity index (χ4n) is 5.20. The van der Waals surface area contributed by atoms with E-state index in [4.69, 9.17) is 0 Å². The van der Waals surface area contributed by atoms with E-state index in [0.29, 0.717) is 39.3 Å². The van der Waals surface area contributed by atoms with Gasteiger partial charge in [0.2, 0.25) is 0 Å². The standard InChI is InChI=1S/C26H22F3N5O2S/c1-14-32-22(23(37-14)15-5-4-6-17(9-15)26(27,28)29)25(36)34-13-16-10-18(16)19(34)11-31-24(35)20-12-30-21-7-2-3-8-33(20)21/h2-9,12,16,18-19H,10-11,13H2,1H3,(H,31,35)/t16-,18-,19+/m0/s1. The predicted molar refractivity (Wildman–Crippen MR) is 131 cm³/mol. The summed E-state index contributed by atoms with van der Waals surface area (Å²) in [4.78, 5) is 37.4. The van der Waals surface area contributed by atoms with Crippen LogP contribution in [0.4, 0.5) is 13.2 Å². The first-order valence-corrected chi connectivity index (χ1v) is 12.7. The molecule has 1 N–H and O–H groups in total. The van der Waals surface area contributed by atoms with E-state index in [2.05, 4.69) is 15.3 Å². The molecule has 3 aromatic heterocycles. The van der Waals surface area contributed by atoms with E-state index in [1.165, 1.54) is 23.6 Å². The van der Waals surface area contributed by atoms with Gasteiger partial charge in [-0.1, -0.05) is 18.2 Å². The predicted octanol–water partition coefficient (Wildman–Crippen LogP) is 4.68. The molecule has 2 amide bonds. The average molecular weight is 526 g/mol. The third kappa shape index (κ3) is 4.26. The van der Waals surface area contributed by atoms with Gasteiger partial charge < -0.3 is 10.2 Å². The summed E-state index contributed by atoms with van der Waals surface area (Å²) in [6.45, 7) is 2.54. The molecule has 6 rings (SSSR count). The fourth-order valence-corrected chi connectivity index (χ4v) is 6.10. The van der Waals surface area contributed by atoms with Gasteiger partial charge in [0.1, 0.15) is 17.0 Å². The number of aryl methyl sites for hydroxylation is 1. The van der Waals surface area contributed by atoms with Crippen molar-refractivity contribution < 1.29 is 22.8 Å². The number of imidazole rings is 1. The highest BCUT2D eigenvalue weighted by Crippen LogP contribution is 2.50. The molecule has 1 aliphatic heterocycles. The highest BCUT2D eigenvalue weighted by Gasteiger charge is 2.54. The normalized spacial score (nSPS) is 20.8. The van der Waals surface area contributed by atoms with Gasteiger partial charge in [0.25, 0.3) is 11.8 Å². The molecule has 0 radical (unpaired) electrons. The van der Waals surface area contributed by atoms with Gasteiger partial charge in [-0.2, -0.15) is 13.2 Å². The molecular weight excluding hydrogens is 503 g/mol. The maximum atomic E-state index is 13.7. The quantitative estimate of drug-likeness (QED) is 0.411. The fraction of sp³-hybridized carbons (Fsp3) is 0.308. The first kappa shape index (κ1) is 23.7. The van der Waals surface area contributed by atoms with E-state index in [-0.39, 0.29) is 36.0 Å². The number of carbonyl (C=O) groups excluding carboxylic acids is 2. The number of aromatic nitrogens is 3. The third-order valence-corrected chi connectivity index (χ3v) is 8.09. The summed E-state index contributed by atoms with van der Waals surface area (Å²) in [7, 11) is 0. The van der Waals surface area contributed by atoms with Gasteiger partial charge in [-0.15, -0.1) is 11.3 Å². The van der Waals surface area contributed by atoms with Crippen LogP contribution in [-0.2, 0) is 6.18 Å². The van der Waals surface area contributed by atoms with E-state index in [1.54, 1.807) is 34.6 Å². The number of nitrogens with one attached hydrogen (secondary N) is 1. The third-order valence-electron chi connectivity index (χ3n) is 7.07. The van der Waals surface area contributed by atoms with Crippen LogP contribution in [0.1, 0.15) is 38.0 Å². The topological polar surface area (TPSA) is 79.6 Å². The largest absolute Gasteiger partial charge is 0.416 e. The maximum Gasteiger partial charge on any atom is 0.416 e. The Morgan fingerprint density at radius 1 is 1.19 bits per heavy atom. The smallest absolute Gasteiger partial charge is 0.349 e. The summed E-state index contributed by atoms with van der Waals surface area (Å²) in [5.74, 6) is 0.0314. The molecule has 1 saturated heterocycles. The van der Waals surface area contributed by atoms with Crippen LogP contribution in [0.25, 0.3) is 16.1 Å². The van der Waals surface area contributed by atoms with Gasteiger partial charge in [-0.3, -0.25) is 14.0 Å². The van der Waals surface area contributed by atoms with Crippen LogP contribution in [0.15, 0.2) is 54.9 Å². The van der Waals surface area contributed by atoms with Gasteiger partial charge in [0.15, 0.2) is 0 Å². The van der Waals surface area contributed by atoms with Gasteiger partial charge in [-0.25, -0.2) is 9.97 Å². The lowest BCUT2D eigenvalue weighted by atomic mass is 10.1. The Morgan fingerprint density at radius 3 is 2.84 bits per heavy atom. The van der Waals surface area contributed by atoms with Gasteiger partial charge >= 0.3 is 6.18 Å². The van der Waals surface area contributed by atoms with E-state index >= 15 is 0 Å². The van der Waals surface area contributed by atoms with Crippen molar-refractivity contribution in [1.82, 2.24) is 24.6 Å². The Labute approximate surface area is 214 Å². The second-order valence-electron chi connectivity index (χ2n) is 9.46. The van der Waals surface area contributed by atoms with Crippen LogP contribution in [0.3, 0.4) is 0 Å². The zero-order valence-electron chi connectivity index (χ0n) is 19.7. The second-order valence-corrected chi connectivity index (χ2v) is 10.7. The molecule has 0 spiro atoms. The lowest BCUT2D eigenvalue weighted by molar-refractivity contribution is -0.137. The van der Waals surface area contributed by atoms with Crippen molar-refractivity contribution in [1.29, 1.82) is 0 Å². The zero-order valence-corrected chi connectivity index (χ0v) is 20.5. The lowest BCUT2D eigenvalue weighted by Gasteiger charge is -2.27.